The summed E-state index contributed by atoms with van der Waals surface area (Å²) in [4.78, 5) is 12.2. The van der Waals surface area contributed by atoms with Crippen LogP contribution in [0, 0.1) is 11.8 Å². The quantitative estimate of drug-likeness (QED) is 0.760. The van der Waals surface area contributed by atoms with E-state index in [9.17, 15) is 4.79 Å². The van der Waals surface area contributed by atoms with Crippen molar-refractivity contribution < 1.29 is 4.79 Å². The number of hydrogen-bond donors (Lipinski definition) is 2. The van der Waals surface area contributed by atoms with Crippen LogP contribution in [0.3, 0.4) is 0 Å². The Morgan fingerprint density at radius 2 is 1.57 bits per heavy atom. The normalized spacial score (nSPS) is 28.3. The second-order valence-electron chi connectivity index (χ2n) is 7.44. The van der Waals surface area contributed by atoms with Crippen LogP contribution in [0.1, 0.15) is 78.1 Å². The van der Waals surface area contributed by atoms with Crippen molar-refractivity contribution in [3.8, 4) is 0 Å². The summed E-state index contributed by atoms with van der Waals surface area (Å²) in [6.07, 6.45) is 12.8. The van der Waals surface area contributed by atoms with Crippen molar-refractivity contribution in [1.29, 1.82) is 0 Å². The molecule has 0 radical (unpaired) electrons. The van der Waals surface area contributed by atoms with Gasteiger partial charge in [0.15, 0.2) is 0 Å². The standard InChI is InChI=1S/C18H34N2O/c1-14(2)16-11-7-8-12-17(16)19-13-18(21)20-15-9-5-3-4-6-10-15/h14-17,19H,3-13H2,1-2H3,(H,20,21). The molecule has 0 aromatic carbocycles. The van der Waals surface area contributed by atoms with Gasteiger partial charge in [0.2, 0.25) is 5.91 Å². The van der Waals surface area contributed by atoms with Crippen LogP contribution in [0.15, 0.2) is 0 Å². The largest absolute Gasteiger partial charge is 0.352 e. The zero-order chi connectivity index (χ0) is 15.1. The van der Waals surface area contributed by atoms with Gasteiger partial charge in [-0.2, -0.15) is 0 Å². The molecule has 1 amide bonds. The minimum Gasteiger partial charge on any atom is -0.352 e. The Balaban J connectivity index is 1.71. The lowest BCUT2D eigenvalue weighted by atomic mass is 9.78. The monoisotopic (exact) mass is 294 g/mol. The van der Waals surface area contributed by atoms with Crippen molar-refractivity contribution in [3.05, 3.63) is 0 Å². The molecule has 0 bridgehead atoms. The maximum atomic E-state index is 12.2. The lowest BCUT2D eigenvalue weighted by Gasteiger charge is -2.35. The molecular formula is C18H34N2O. The number of rotatable bonds is 5. The van der Waals surface area contributed by atoms with Gasteiger partial charge in [0.05, 0.1) is 6.54 Å². The van der Waals surface area contributed by atoms with Gasteiger partial charge in [-0.25, -0.2) is 0 Å². The Morgan fingerprint density at radius 1 is 0.952 bits per heavy atom. The fourth-order valence-electron chi connectivity index (χ4n) is 4.14. The van der Waals surface area contributed by atoms with Crippen LogP contribution < -0.4 is 10.6 Å². The van der Waals surface area contributed by atoms with Crippen LogP contribution in [0.5, 0.6) is 0 Å². The molecule has 2 unspecified atom stereocenters. The van der Waals surface area contributed by atoms with Crippen molar-refractivity contribution in [2.24, 2.45) is 11.8 Å². The van der Waals surface area contributed by atoms with Gasteiger partial charge in [0.25, 0.3) is 0 Å². The van der Waals surface area contributed by atoms with Gasteiger partial charge in [-0.3, -0.25) is 4.79 Å². The zero-order valence-electron chi connectivity index (χ0n) is 14.0. The lowest BCUT2D eigenvalue weighted by molar-refractivity contribution is -0.121. The summed E-state index contributed by atoms with van der Waals surface area (Å²) < 4.78 is 0. The fraction of sp³-hybridized carbons (Fsp3) is 0.944. The van der Waals surface area contributed by atoms with E-state index < -0.39 is 0 Å². The van der Waals surface area contributed by atoms with E-state index in [-0.39, 0.29) is 5.91 Å². The minimum atomic E-state index is 0.204. The first-order valence-electron chi connectivity index (χ1n) is 9.19. The van der Waals surface area contributed by atoms with E-state index in [1.807, 2.05) is 0 Å². The van der Waals surface area contributed by atoms with Crippen LogP contribution in [0.2, 0.25) is 0 Å². The molecule has 2 aliphatic carbocycles. The average molecular weight is 294 g/mol. The van der Waals surface area contributed by atoms with Gasteiger partial charge < -0.3 is 10.6 Å². The van der Waals surface area contributed by atoms with E-state index in [1.54, 1.807) is 0 Å². The molecule has 0 heterocycles. The summed E-state index contributed by atoms with van der Waals surface area (Å²) in [5.41, 5.74) is 0. The van der Waals surface area contributed by atoms with E-state index in [0.29, 0.717) is 24.5 Å². The Kier molecular flexibility index (Phi) is 7.01. The van der Waals surface area contributed by atoms with Gasteiger partial charge in [0, 0.05) is 12.1 Å². The highest BCUT2D eigenvalue weighted by Gasteiger charge is 2.27. The first-order valence-corrected chi connectivity index (χ1v) is 9.19. The Labute approximate surface area is 130 Å². The number of carbonyl (C=O) groups excluding carboxylic acids is 1. The topological polar surface area (TPSA) is 41.1 Å². The summed E-state index contributed by atoms with van der Waals surface area (Å²) in [5, 5.41) is 6.79. The van der Waals surface area contributed by atoms with Crippen molar-refractivity contribution in [2.45, 2.75) is 90.1 Å². The van der Waals surface area contributed by atoms with Crippen molar-refractivity contribution in [2.75, 3.05) is 6.54 Å². The third kappa shape index (κ3) is 5.61. The molecule has 0 aromatic heterocycles. The number of hydrogen-bond acceptors (Lipinski definition) is 2. The number of nitrogens with one attached hydrogen (secondary N) is 2. The van der Waals surface area contributed by atoms with Crippen LogP contribution in [-0.4, -0.2) is 24.5 Å². The van der Waals surface area contributed by atoms with Gasteiger partial charge in [-0.1, -0.05) is 52.4 Å². The Morgan fingerprint density at radius 3 is 2.24 bits per heavy atom. The van der Waals surface area contributed by atoms with E-state index >= 15 is 0 Å². The summed E-state index contributed by atoms with van der Waals surface area (Å²) in [7, 11) is 0. The fourth-order valence-corrected chi connectivity index (χ4v) is 4.14. The molecular weight excluding hydrogens is 260 g/mol. The van der Waals surface area contributed by atoms with Crippen LogP contribution in [0.4, 0.5) is 0 Å². The highest BCUT2D eigenvalue weighted by atomic mass is 16.1. The number of amides is 1. The summed E-state index contributed by atoms with van der Waals surface area (Å²) in [6.45, 7) is 5.14. The van der Waals surface area contributed by atoms with E-state index in [1.165, 1.54) is 64.2 Å². The molecule has 0 spiro atoms. The molecule has 21 heavy (non-hydrogen) atoms. The van der Waals surface area contributed by atoms with E-state index in [0.717, 1.165) is 5.92 Å². The van der Waals surface area contributed by atoms with Crippen LogP contribution >= 0.6 is 0 Å². The molecule has 2 aliphatic rings. The SMILES string of the molecule is CC(C)C1CCCCC1NCC(=O)NC1CCCCCC1. The lowest BCUT2D eigenvalue weighted by Crippen LogP contribution is -2.47. The minimum absolute atomic E-state index is 0.204. The molecule has 2 N–H and O–H groups in total. The number of carbonyl (C=O) groups is 1. The summed E-state index contributed by atoms with van der Waals surface area (Å²) >= 11 is 0. The average Bonchev–Trinajstić information content (AvgIpc) is 2.74. The predicted octanol–water partition coefficient (Wildman–Crippen LogP) is 3.63. The maximum Gasteiger partial charge on any atom is 0.234 e. The van der Waals surface area contributed by atoms with Gasteiger partial charge in [0.1, 0.15) is 0 Å². The summed E-state index contributed by atoms with van der Waals surface area (Å²) in [6, 6.07) is 0.965. The van der Waals surface area contributed by atoms with Crippen molar-refractivity contribution in [1.82, 2.24) is 10.6 Å². The van der Waals surface area contributed by atoms with Crippen LogP contribution in [-0.2, 0) is 4.79 Å². The Hall–Kier alpha value is -0.570. The molecule has 0 saturated heterocycles. The summed E-state index contributed by atoms with van der Waals surface area (Å²) in [5.74, 6) is 1.66. The molecule has 3 heteroatoms. The third-order valence-electron chi connectivity index (χ3n) is 5.42. The van der Waals surface area contributed by atoms with E-state index in [4.69, 9.17) is 0 Å². The van der Waals surface area contributed by atoms with Crippen molar-refractivity contribution in [3.63, 3.8) is 0 Å². The Bertz CT molecular complexity index is 308. The molecule has 2 saturated carbocycles. The van der Waals surface area contributed by atoms with Gasteiger partial charge >= 0.3 is 0 Å². The van der Waals surface area contributed by atoms with Crippen LogP contribution in [0.25, 0.3) is 0 Å². The second-order valence-corrected chi connectivity index (χ2v) is 7.44. The van der Waals surface area contributed by atoms with Crippen molar-refractivity contribution >= 4 is 5.91 Å². The predicted molar refractivity (Wildman–Crippen MR) is 88.2 cm³/mol. The molecule has 2 atom stereocenters. The molecule has 0 aromatic rings. The third-order valence-corrected chi connectivity index (χ3v) is 5.42. The van der Waals surface area contributed by atoms with Gasteiger partial charge in [-0.15, -0.1) is 0 Å². The zero-order valence-corrected chi connectivity index (χ0v) is 14.0. The molecule has 2 rings (SSSR count). The molecule has 3 nitrogen and oxygen atoms in total. The first-order chi connectivity index (χ1) is 10.2. The molecule has 122 valence electrons. The highest BCUT2D eigenvalue weighted by Crippen LogP contribution is 2.30. The second kappa shape index (κ2) is 8.77. The molecule has 2 fully saturated rings. The molecule has 0 aliphatic heterocycles. The van der Waals surface area contributed by atoms with Gasteiger partial charge in [-0.05, 0) is 37.5 Å². The highest BCUT2D eigenvalue weighted by molar-refractivity contribution is 5.78. The van der Waals surface area contributed by atoms with E-state index in [2.05, 4.69) is 24.5 Å². The smallest absolute Gasteiger partial charge is 0.234 e. The maximum absolute atomic E-state index is 12.2. The first kappa shape index (κ1) is 16.8.